The quantitative estimate of drug-likeness (QED) is 0.243. The summed E-state index contributed by atoms with van der Waals surface area (Å²) < 4.78 is 34.5. The molecule has 1 N–H and O–H groups in total. The number of hydrogen-bond acceptors (Lipinski definition) is 5. The molecule has 0 heterocycles. The lowest BCUT2D eigenvalue weighted by molar-refractivity contribution is -0.139. The second-order valence-electron chi connectivity index (χ2n) is 9.54. The fraction of sp³-hybridized carbons (Fsp3) is 0.333. The Morgan fingerprint density at radius 2 is 1.66 bits per heavy atom. The van der Waals surface area contributed by atoms with Crippen molar-refractivity contribution in [3.05, 3.63) is 87.9 Å². The van der Waals surface area contributed by atoms with Crippen LogP contribution in [0.4, 0.5) is 5.69 Å². The van der Waals surface area contributed by atoms with Crippen LogP contribution in [0.1, 0.15) is 37.8 Å². The molecule has 0 aliphatic heterocycles. The molecule has 11 heteroatoms. The van der Waals surface area contributed by atoms with E-state index >= 15 is 0 Å². The van der Waals surface area contributed by atoms with Crippen molar-refractivity contribution >= 4 is 50.7 Å². The van der Waals surface area contributed by atoms with E-state index < -0.39 is 28.5 Å². The Hall–Kier alpha value is -3.27. The van der Waals surface area contributed by atoms with Gasteiger partial charge >= 0.3 is 0 Å². The molecular weight excluding hydrogens is 585 g/mol. The first-order valence-electron chi connectivity index (χ1n) is 13.2. The minimum atomic E-state index is -4.23. The van der Waals surface area contributed by atoms with E-state index in [0.29, 0.717) is 22.2 Å². The average molecular weight is 621 g/mol. The Bertz CT molecular complexity index is 1450. The maximum atomic E-state index is 14.1. The number of amides is 2. The van der Waals surface area contributed by atoms with Gasteiger partial charge in [-0.15, -0.1) is 0 Å². The van der Waals surface area contributed by atoms with Crippen LogP contribution in [0.25, 0.3) is 0 Å². The summed E-state index contributed by atoms with van der Waals surface area (Å²) in [5.41, 5.74) is 1.41. The fourth-order valence-corrected chi connectivity index (χ4v) is 6.15. The smallest absolute Gasteiger partial charge is 0.264 e. The van der Waals surface area contributed by atoms with Crippen molar-refractivity contribution in [2.24, 2.45) is 0 Å². The van der Waals surface area contributed by atoms with Crippen LogP contribution >= 0.6 is 23.2 Å². The molecule has 0 radical (unpaired) electrons. The number of carbonyl (C=O) groups is 2. The van der Waals surface area contributed by atoms with Gasteiger partial charge in [-0.3, -0.25) is 13.9 Å². The summed E-state index contributed by atoms with van der Waals surface area (Å²) in [5, 5.41) is 3.49. The molecule has 0 spiro atoms. The SMILES string of the molecule is CCCCNC(=O)[C@H](C)N(Cc1c(Cl)cccc1Cl)C(=O)CN(c1cc(C)ccc1OC)S(=O)(=O)c1ccccc1. The van der Waals surface area contributed by atoms with Crippen LogP contribution in [0.2, 0.25) is 10.0 Å². The summed E-state index contributed by atoms with van der Waals surface area (Å²) in [5.74, 6) is -0.725. The first kappa shape index (κ1) is 32.2. The molecule has 0 fully saturated rings. The van der Waals surface area contributed by atoms with Gasteiger partial charge in [0.1, 0.15) is 18.3 Å². The molecule has 0 saturated carbocycles. The second-order valence-corrected chi connectivity index (χ2v) is 12.2. The van der Waals surface area contributed by atoms with Gasteiger partial charge in [0.2, 0.25) is 11.8 Å². The molecule has 220 valence electrons. The zero-order chi connectivity index (χ0) is 30.2. The minimum Gasteiger partial charge on any atom is -0.495 e. The molecule has 0 bridgehead atoms. The van der Waals surface area contributed by atoms with Gasteiger partial charge in [0.05, 0.1) is 17.7 Å². The van der Waals surface area contributed by atoms with Crippen molar-refractivity contribution in [2.45, 2.75) is 51.1 Å². The molecule has 0 aromatic heterocycles. The predicted molar refractivity (Wildman–Crippen MR) is 163 cm³/mol. The minimum absolute atomic E-state index is 0.00224. The van der Waals surface area contributed by atoms with Crippen LogP contribution in [0.15, 0.2) is 71.6 Å². The van der Waals surface area contributed by atoms with Crippen LogP contribution in [0, 0.1) is 6.92 Å². The van der Waals surface area contributed by atoms with Crippen molar-refractivity contribution in [1.82, 2.24) is 10.2 Å². The van der Waals surface area contributed by atoms with Crippen LogP contribution in [0.5, 0.6) is 5.75 Å². The number of hydrogen-bond donors (Lipinski definition) is 1. The van der Waals surface area contributed by atoms with E-state index in [-0.39, 0.29) is 28.8 Å². The highest BCUT2D eigenvalue weighted by atomic mass is 35.5. The number of halogens is 2. The summed E-state index contributed by atoms with van der Waals surface area (Å²) in [6.45, 7) is 5.14. The Labute approximate surface area is 252 Å². The van der Waals surface area contributed by atoms with E-state index in [2.05, 4.69) is 5.32 Å². The van der Waals surface area contributed by atoms with Gasteiger partial charge < -0.3 is 15.0 Å². The Kier molecular flexibility index (Phi) is 11.5. The van der Waals surface area contributed by atoms with Gasteiger partial charge in [0.15, 0.2) is 0 Å². The molecule has 0 saturated heterocycles. The first-order valence-corrected chi connectivity index (χ1v) is 15.4. The molecule has 2 amide bonds. The number of aryl methyl sites for hydroxylation is 1. The molecular formula is C30H35Cl2N3O5S. The van der Waals surface area contributed by atoms with Crippen LogP contribution in [-0.4, -0.2) is 51.4 Å². The van der Waals surface area contributed by atoms with Gasteiger partial charge in [-0.1, -0.05) is 66.9 Å². The molecule has 0 unspecified atom stereocenters. The van der Waals surface area contributed by atoms with Crippen LogP contribution in [0.3, 0.4) is 0 Å². The summed E-state index contributed by atoms with van der Waals surface area (Å²) in [6, 6.07) is 16.9. The molecule has 3 aromatic rings. The van der Waals surface area contributed by atoms with Crippen LogP contribution < -0.4 is 14.4 Å². The zero-order valence-electron chi connectivity index (χ0n) is 23.6. The number of sulfonamides is 1. The summed E-state index contributed by atoms with van der Waals surface area (Å²) in [6.07, 6.45) is 1.66. The second kappa shape index (κ2) is 14.6. The molecule has 0 aliphatic carbocycles. The Morgan fingerprint density at radius 3 is 2.27 bits per heavy atom. The monoisotopic (exact) mass is 619 g/mol. The molecule has 3 rings (SSSR count). The number of carbonyl (C=O) groups excluding carboxylic acids is 2. The highest BCUT2D eigenvalue weighted by Gasteiger charge is 2.34. The number of unbranched alkanes of at least 4 members (excludes halogenated alkanes) is 1. The zero-order valence-corrected chi connectivity index (χ0v) is 25.9. The third-order valence-electron chi connectivity index (χ3n) is 6.60. The lowest BCUT2D eigenvalue weighted by atomic mass is 10.1. The fourth-order valence-electron chi connectivity index (χ4n) is 4.20. The van der Waals surface area contributed by atoms with Gasteiger partial charge in [-0.25, -0.2) is 8.42 Å². The molecule has 41 heavy (non-hydrogen) atoms. The number of anilines is 1. The van der Waals surface area contributed by atoms with E-state index in [4.69, 9.17) is 27.9 Å². The van der Waals surface area contributed by atoms with Gasteiger partial charge in [0, 0.05) is 28.7 Å². The van der Waals surface area contributed by atoms with Gasteiger partial charge in [-0.2, -0.15) is 0 Å². The van der Waals surface area contributed by atoms with Crippen molar-refractivity contribution in [3.8, 4) is 5.75 Å². The number of benzene rings is 3. The number of methoxy groups -OCH3 is 1. The first-order chi connectivity index (χ1) is 19.5. The molecule has 1 atom stereocenters. The van der Waals surface area contributed by atoms with Crippen molar-refractivity contribution < 1.29 is 22.7 Å². The summed E-state index contributed by atoms with van der Waals surface area (Å²) in [4.78, 5) is 28.5. The van der Waals surface area contributed by atoms with Gasteiger partial charge in [0.25, 0.3) is 10.0 Å². The predicted octanol–water partition coefficient (Wildman–Crippen LogP) is 5.84. The maximum absolute atomic E-state index is 14.1. The highest BCUT2D eigenvalue weighted by molar-refractivity contribution is 7.92. The third kappa shape index (κ3) is 7.93. The number of nitrogens with zero attached hydrogens (tertiary/aromatic N) is 2. The highest BCUT2D eigenvalue weighted by Crippen LogP contribution is 2.34. The number of rotatable bonds is 13. The van der Waals surface area contributed by atoms with E-state index in [1.165, 1.54) is 24.1 Å². The topological polar surface area (TPSA) is 96.0 Å². The third-order valence-corrected chi connectivity index (χ3v) is 9.08. The number of ether oxygens (including phenoxy) is 1. The molecule has 8 nitrogen and oxygen atoms in total. The maximum Gasteiger partial charge on any atom is 0.264 e. The van der Waals surface area contributed by atoms with Crippen LogP contribution in [-0.2, 0) is 26.2 Å². The molecule has 3 aromatic carbocycles. The summed E-state index contributed by atoms with van der Waals surface area (Å²) in [7, 11) is -2.80. The van der Waals surface area contributed by atoms with E-state index in [9.17, 15) is 18.0 Å². The van der Waals surface area contributed by atoms with E-state index in [0.717, 1.165) is 22.7 Å². The van der Waals surface area contributed by atoms with Crippen molar-refractivity contribution in [1.29, 1.82) is 0 Å². The largest absolute Gasteiger partial charge is 0.495 e. The molecule has 0 aliphatic rings. The Morgan fingerprint density at radius 1 is 1.00 bits per heavy atom. The lowest BCUT2D eigenvalue weighted by Gasteiger charge is -2.32. The Balaban J connectivity index is 2.10. The summed E-state index contributed by atoms with van der Waals surface area (Å²) >= 11 is 12.9. The average Bonchev–Trinajstić information content (AvgIpc) is 2.95. The van der Waals surface area contributed by atoms with Gasteiger partial charge in [-0.05, 0) is 62.2 Å². The normalized spacial score (nSPS) is 12.0. The van der Waals surface area contributed by atoms with E-state index in [1.807, 2.05) is 13.8 Å². The standard InChI is InChI=1S/C30H35Cl2N3O5S/c1-5-6-17-33-30(37)22(3)34(19-24-25(31)13-10-14-26(24)32)29(36)20-35(27-18-21(2)15-16-28(27)40-4)41(38,39)23-11-8-7-9-12-23/h7-16,18,22H,5-6,17,19-20H2,1-4H3,(H,33,37)/t22-/m0/s1. The number of nitrogens with one attached hydrogen (secondary N) is 1. The van der Waals surface area contributed by atoms with Crippen molar-refractivity contribution in [2.75, 3.05) is 24.5 Å². The van der Waals surface area contributed by atoms with Crippen molar-refractivity contribution in [3.63, 3.8) is 0 Å². The lowest BCUT2D eigenvalue weighted by Crippen LogP contribution is -2.51. The van der Waals surface area contributed by atoms with E-state index in [1.54, 1.807) is 61.5 Å².